The van der Waals surface area contributed by atoms with Gasteiger partial charge < -0.3 is 15.2 Å². The molecule has 1 atom stereocenters. The zero-order valence-corrected chi connectivity index (χ0v) is 13.8. The lowest BCUT2D eigenvalue weighted by Gasteiger charge is -2.12. The summed E-state index contributed by atoms with van der Waals surface area (Å²) in [6, 6.07) is 3.32. The highest BCUT2D eigenvalue weighted by Crippen LogP contribution is 2.23. The van der Waals surface area contributed by atoms with E-state index in [1.165, 1.54) is 23.6 Å². The summed E-state index contributed by atoms with van der Waals surface area (Å²) in [5, 5.41) is 16.6. The van der Waals surface area contributed by atoms with Crippen molar-refractivity contribution in [3.63, 3.8) is 0 Å². The average molecular weight is 341 g/mol. The molecule has 5 nitrogen and oxygen atoms in total. The Hall–Kier alpha value is -1.63. The number of nitrogens with zero attached hydrogens (tertiary/aromatic N) is 1. The molecule has 22 heavy (non-hydrogen) atoms. The van der Waals surface area contributed by atoms with E-state index >= 15 is 0 Å². The number of nitrogens with one attached hydrogen (secondary N) is 1. The van der Waals surface area contributed by atoms with E-state index < -0.39 is 6.10 Å². The number of hydrogen-bond donors (Lipinski definition) is 2. The number of carbonyl (C=O) groups excluding carboxylic acids is 1. The van der Waals surface area contributed by atoms with Crippen LogP contribution in [0.4, 0.5) is 0 Å². The van der Waals surface area contributed by atoms with Crippen LogP contribution in [0.1, 0.15) is 35.9 Å². The molecule has 0 aliphatic carbocycles. The van der Waals surface area contributed by atoms with Crippen LogP contribution in [-0.2, 0) is 0 Å². The maximum Gasteiger partial charge on any atom is 0.253 e. The third-order valence-corrected chi connectivity index (χ3v) is 3.77. The molecule has 2 aromatic heterocycles. The molecule has 118 valence electrons. The van der Waals surface area contributed by atoms with E-state index in [1.54, 1.807) is 0 Å². The van der Waals surface area contributed by atoms with E-state index in [-0.39, 0.29) is 23.6 Å². The second-order valence-corrected chi connectivity index (χ2v) is 6.15. The Morgan fingerprint density at radius 3 is 2.91 bits per heavy atom. The van der Waals surface area contributed by atoms with Crippen LogP contribution in [0.25, 0.3) is 0 Å². The lowest BCUT2D eigenvalue weighted by molar-refractivity contribution is 0.0916. The quantitative estimate of drug-likeness (QED) is 0.847. The van der Waals surface area contributed by atoms with Crippen molar-refractivity contribution in [2.75, 3.05) is 6.54 Å². The Kier molecular flexibility index (Phi) is 5.76. The first kappa shape index (κ1) is 16.7. The maximum atomic E-state index is 12.0. The number of thiophene rings is 1. The predicted octanol–water partition coefficient (Wildman–Crippen LogP) is 3.05. The monoisotopic (exact) mass is 340 g/mol. The molecule has 2 N–H and O–H groups in total. The Bertz CT molecular complexity index is 632. The van der Waals surface area contributed by atoms with Gasteiger partial charge in [-0.3, -0.25) is 4.79 Å². The molecule has 1 amide bonds. The van der Waals surface area contributed by atoms with E-state index in [0.29, 0.717) is 11.4 Å². The molecular weight excluding hydrogens is 324 g/mol. The number of halogens is 1. The van der Waals surface area contributed by atoms with Crippen LogP contribution in [0.5, 0.6) is 5.88 Å². The van der Waals surface area contributed by atoms with Crippen LogP contribution < -0.4 is 10.1 Å². The maximum absolute atomic E-state index is 12.0. The summed E-state index contributed by atoms with van der Waals surface area (Å²) in [7, 11) is 0. The Labute approximate surface area is 137 Å². The van der Waals surface area contributed by atoms with Gasteiger partial charge in [-0.05, 0) is 42.3 Å². The molecule has 0 aliphatic rings. The fourth-order valence-corrected chi connectivity index (χ4v) is 2.65. The molecule has 0 radical (unpaired) electrons. The minimum absolute atomic E-state index is 0.0505. The van der Waals surface area contributed by atoms with Gasteiger partial charge >= 0.3 is 0 Å². The lowest BCUT2D eigenvalue weighted by Crippen LogP contribution is -2.28. The molecule has 0 bridgehead atoms. The van der Waals surface area contributed by atoms with Crippen LogP contribution in [0, 0.1) is 0 Å². The summed E-state index contributed by atoms with van der Waals surface area (Å²) >= 11 is 7.54. The first-order valence-electron chi connectivity index (χ1n) is 6.78. The first-order valence-corrected chi connectivity index (χ1v) is 8.10. The largest absolute Gasteiger partial charge is 0.474 e. The Morgan fingerprint density at radius 2 is 2.32 bits per heavy atom. The molecule has 0 aromatic carbocycles. The summed E-state index contributed by atoms with van der Waals surface area (Å²) in [5.41, 5.74) is 1.10. The third kappa shape index (κ3) is 4.43. The van der Waals surface area contributed by atoms with E-state index in [2.05, 4.69) is 10.3 Å². The van der Waals surface area contributed by atoms with Crippen molar-refractivity contribution in [2.45, 2.75) is 26.1 Å². The van der Waals surface area contributed by atoms with E-state index in [9.17, 15) is 9.90 Å². The van der Waals surface area contributed by atoms with Gasteiger partial charge in [0, 0.05) is 12.7 Å². The van der Waals surface area contributed by atoms with Gasteiger partial charge in [-0.15, -0.1) is 0 Å². The van der Waals surface area contributed by atoms with E-state index in [0.717, 1.165) is 5.56 Å². The SMILES string of the molecule is CC(C)Oc1ncc(C(=O)NCC(O)c2ccsc2)cc1Cl. The molecular formula is C15H17ClN2O3S. The summed E-state index contributed by atoms with van der Waals surface area (Å²) in [6.07, 6.45) is 0.614. The average Bonchev–Trinajstić information content (AvgIpc) is 3.00. The smallest absolute Gasteiger partial charge is 0.253 e. The Morgan fingerprint density at radius 1 is 1.55 bits per heavy atom. The highest BCUT2D eigenvalue weighted by Gasteiger charge is 2.14. The zero-order valence-electron chi connectivity index (χ0n) is 12.2. The third-order valence-electron chi connectivity index (χ3n) is 2.80. The standard InChI is InChI=1S/C15H17ClN2O3S/c1-9(2)21-15-12(16)5-11(6-18-15)14(20)17-7-13(19)10-3-4-22-8-10/h3-6,8-9,13,19H,7H2,1-2H3,(H,17,20). The second kappa shape index (κ2) is 7.58. The van der Waals surface area contributed by atoms with Crippen molar-refractivity contribution >= 4 is 28.8 Å². The molecule has 0 spiro atoms. The number of rotatable bonds is 6. The minimum atomic E-state index is -0.734. The van der Waals surface area contributed by atoms with Gasteiger partial charge in [0.1, 0.15) is 5.02 Å². The highest BCUT2D eigenvalue weighted by molar-refractivity contribution is 7.07. The molecule has 0 saturated heterocycles. The number of hydrogen-bond acceptors (Lipinski definition) is 5. The summed E-state index contributed by atoms with van der Waals surface area (Å²) in [5.74, 6) is -0.0497. The van der Waals surface area contributed by atoms with Gasteiger partial charge in [0.05, 0.1) is 17.8 Å². The fourth-order valence-electron chi connectivity index (χ4n) is 1.73. The van der Waals surface area contributed by atoms with Crippen LogP contribution >= 0.6 is 22.9 Å². The molecule has 2 heterocycles. The molecule has 2 aromatic rings. The van der Waals surface area contributed by atoms with Crippen molar-refractivity contribution < 1.29 is 14.6 Å². The number of aromatic nitrogens is 1. The molecule has 1 unspecified atom stereocenters. The number of pyridine rings is 1. The predicted molar refractivity (Wildman–Crippen MR) is 86.6 cm³/mol. The van der Waals surface area contributed by atoms with Crippen molar-refractivity contribution in [3.8, 4) is 5.88 Å². The van der Waals surface area contributed by atoms with Crippen molar-refractivity contribution in [1.82, 2.24) is 10.3 Å². The summed E-state index contributed by atoms with van der Waals surface area (Å²) in [6.45, 7) is 3.85. The first-order chi connectivity index (χ1) is 10.5. The van der Waals surface area contributed by atoms with E-state index in [4.69, 9.17) is 16.3 Å². The van der Waals surface area contributed by atoms with Gasteiger partial charge in [-0.25, -0.2) is 4.98 Å². The van der Waals surface area contributed by atoms with Crippen LogP contribution in [0.3, 0.4) is 0 Å². The van der Waals surface area contributed by atoms with Crippen LogP contribution in [0.2, 0.25) is 5.02 Å². The highest BCUT2D eigenvalue weighted by atomic mass is 35.5. The second-order valence-electron chi connectivity index (χ2n) is 4.96. The zero-order chi connectivity index (χ0) is 16.1. The lowest BCUT2D eigenvalue weighted by atomic mass is 10.2. The van der Waals surface area contributed by atoms with Gasteiger partial charge in [0.2, 0.25) is 5.88 Å². The van der Waals surface area contributed by atoms with Gasteiger partial charge in [-0.2, -0.15) is 11.3 Å². The molecule has 0 aliphatic heterocycles. The van der Waals surface area contributed by atoms with Crippen LogP contribution in [0.15, 0.2) is 29.1 Å². The number of aliphatic hydroxyl groups is 1. The van der Waals surface area contributed by atoms with Crippen molar-refractivity contribution in [3.05, 3.63) is 45.2 Å². The molecule has 0 saturated carbocycles. The van der Waals surface area contributed by atoms with Gasteiger partial charge in [0.25, 0.3) is 5.91 Å². The number of ether oxygens (including phenoxy) is 1. The van der Waals surface area contributed by atoms with Gasteiger partial charge in [-0.1, -0.05) is 11.6 Å². The topological polar surface area (TPSA) is 71.5 Å². The summed E-state index contributed by atoms with van der Waals surface area (Å²) < 4.78 is 5.41. The van der Waals surface area contributed by atoms with Crippen LogP contribution in [-0.4, -0.2) is 28.6 Å². The van der Waals surface area contributed by atoms with Crippen molar-refractivity contribution in [2.24, 2.45) is 0 Å². The van der Waals surface area contributed by atoms with E-state index in [1.807, 2.05) is 30.7 Å². The normalized spacial score (nSPS) is 12.2. The fraction of sp³-hybridized carbons (Fsp3) is 0.333. The number of aliphatic hydroxyl groups excluding tert-OH is 1. The van der Waals surface area contributed by atoms with Gasteiger partial charge in [0.15, 0.2) is 0 Å². The summed E-state index contributed by atoms with van der Waals surface area (Å²) in [4.78, 5) is 16.1. The molecule has 7 heteroatoms. The molecule has 2 rings (SSSR count). The van der Waals surface area contributed by atoms with Crippen molar-refractivity contribution in [1.29, 1.82) is 0 Å². The minimum Gasteiger partial charge on any atom is -0.474 e. The number of amides is 1. The molecule has 0 fully saturated rings. The number of carbonyl (C=O) groups is 1. The Balaban J connectivity index is 1.96.